The highest BCUT2D eigenvalue weighted by Gasteiger charge is 2.27. The zero-order valence-corrected chi connectivity index (χ0v) is 11.3. The number of rotatable bonds is 5. The fourth-order valence-electron chi connectivity index (χ4n) is 2.62. The molecule has 102 valence electrons. The Hall–Kier alpha value is -1.42. The normalized spacial score (nSPS) is 17.0. The number of benzene rings is 1. The van der Waals surface area contributed by atoms with Gasteiger partial charge in [0.25, 0.3) is 0 Å². The SMILES string of the molecule is CC(N)CCCc1nc2cc(F)ccc2n1C1CC1. The lowest BCUT2D eigenvalue weighted by atomic mass is 10.1. The largest absolute Gasteiger partial charge is 0.328 e. The van der Waals surface area contributed by atoms with Gasteiger partial charge in [0.1, 0.15) is 11.6 Å². The monoisotopic (exact) mass is 261 g/mol. The van der Waals surface area contributed by atoms with Crippen LogP contribution in [0.5, 0.6) is 0 Å². The van der Waals surface area contributed by atoms with E-state index in [4.69, 9.17) is 5.73 Å². The van der Waals surface area contributed by atoms with Crippen molar-refractivity contribution in [1.82, 2.24) is 9.55 Å². The molecule has 0 radical (unpaired) electrons. The molecule has 0 saturated heterocycles. The van der Waals surface area contributed by atoms with E-state index in [0.29, 0.717) is 6.04 Å². The van der Waals surface area contributed by atoms with Crippen LogP contribution >= 0.6 is 0 Å². The molecule has 4 heteroatoms. The third kappa shape index (κ3) is 2.63. The first-order valence-corrected chi connectivity index (χ1v) is 7.07. The lowest BCUT2D eigenvalue weighted by Crippen LogP contribution is -2.15. The molecule has 1 fully saturated rings. The van der Waals surface area contributed by atoms with E-state index >= 15 is 0 Å². The molecule has 1 atom stereocenters. The van der Waals surface area contributed by atoms with Crippen LogP contribution in [-0.2, 0) is 6.42 Å². The van der Waals surface area contributed by atoms with Gasteiger partial charge in [0.05, 0.1) is 11.0 Å². The number of nitrogens with zero attached hydrogens (tertiary/aromatic N) is 2. The summed E-state index contributed by atoms with van der Waals surface area (Å²) in [6.45, 7) is 2.03. The molecule has 3 rings (SSSR count). The number of aryl methyl sites for hydroxylation is 1. The highest BCUT2D eigenvalue weighted by molar-refractivity contribution is 5.76. The van der Waals surface area contributed by atoms with Crippen LogP contribution in [0.1, 0.15) is 44.5 Å². The second-order valence-electron chi connectivity index (χ2n) is 5.63. The summed E-state index contributed by atoms with van der Waals surface area (Å²) in [7, 11) is 0. The number of aromatic nitrogens is 2. The maximum Gasteiger partial charge on any atom is 0.125 e. The van der Waals surface area contributed by atoms with Gasteiger partial charge in [0.2, 0.25) is 0 Å². The van der Waals surface area contributed by atoms with Crippen LogP contribution in [-0.4, -0.2) is 15.6 Å². The number of nitrogens with two attached hydrogens (primary N) is 1. The van der Waals surface area contributed by atoms with Crippen LogP contribution in [0.4, 0.5) is 4.39 Å². The first-order valence-electron chi connectivity index (χ1n) is 7.07. The molecule has 19 heavy (non-hydrogen) atoms. The van der Waals surface area contributed by atoms with Crippen LogP contribution in [0.15, 0.2) is 18.2 Å². The van der Waals surface area contributed by atoms with E-state index in [-0.39, 0.29) is 11.9 Å². The predicted octanol–water partition coefficient (Wildman–Crippen LogP) is 3.18. The minimum atomic E-state index is -0.213. The van der Waals surface area contributed by atoms with Crippen molar-refractivity contribution in [1.29, 1.82) is 0 Å². The summed E-state index contributed by atoms with van der Waals surface area (Å²) in [5, 5.41) is 0. The van der Waals surface area contributed by atoms with Gasteiger partial charge in [0, 0.05) is 24.6 Å². The summed E-state index contributed by atoms with van der Waals surface area (Å²) in [5.41, 5.74) is 7.63. The van der Waals surface area contributed by atoms with Crippen molar-refractivity contribution < 1.29 is 4.39 Å². The lowest BCUT2D eigenvalue weighted by Gasteiger charge is -2.08. The van der Waals surface area contributed by atoms with Crippen LogP contribution in [0.2, 0.25) is 0 Å². The van der Waals surface area contributed by atoms with Crippen molar-refractivity contribution in [2.75, 3.05) is 0 Å². The Morgan fingerprint density at radius 2 is 2.26 bits per heavy atom. The molecule has 3 nitrogen and oxygen atoms in total. The minimum Gasteiger partial charge on any atom is -0.328 e. The van der Waals surface area contributed by atoms with Crippen molar-refractivity contribution in [3.05, 3.63) is 29.8 Å². The molecule has 1 saturated carbocycles. The summed E-state index contributed by atoms with van der Waals surface area (Å²) in [4.78, 5) is 4.61. The summed E-state index contributed by atoms with van der Waals surface area (Å²) < 4.78 is 15.6. The summed E-state index contributed by atoms with van der Waals surface area (Å²) in [6.07, 6.45) is 5.39. The van der Waals surface area contributed by atoms with E-state index in [1.807, 2.05) is 13.0 Å². The number of halogens is 1. The van der Waals surface area contributed by atoms with E-state index in [1.54, 1.807) is 0 Å². The van der Waals surface area contributed by atoms with Crippen LogP contribution in [0, 0.1) is 5.82 Å². The van der Waals surface area contributed by atoms with Crippen molar-refractivity contribution in [2.45, 2.75) is 51.1 Å². The average molecular weight is 261 g/mol. The third-order valence-corrected chi connectivity index (χ3v) is 3.70. The fourth-order valence-corrected chi connectivity index (χ4v) is 2.62. The number of hydrogen-bond acceptors (Lipinski definition) is 2. The van der Waals surface area contributed by atoms with Gasteiger partial charge in [-0.3, -0.25) is 0 Å². The molecule has 0 bridgehead atoms. The highest BCUT2D eigenvalue weighted by atomic mass is 19.1. The highest BCUT2D eigenvalue weighted by Crippen LogP contribution is 2.39. The predicted molar refractivity (Wildman–Crippen MR) is 74.5 cm³/mol. The summed E-state index contributed by atoms with van der Waals surface area (Å²) in [6, 6.07) is 5.71. The first-order chi connectivity index (χ1) is 9.15. The molecule has 1 aromatic carbocycles. The third-order valence-electron chi connectivity index (χ3n) is 3.70. The summed E-state index contributed by atoms with van der Waals surface area (Å²) in [5.74, 6) is 0.874. The molecule has 1 aliphatic carbocycles. The van der Waals surface area contributed by atoms with E-state index in [9.17, 15) is 4.39 Å². The molecule has 2 N–H and O–H groups in total. The van der Waals surface area contributed by atoms with Gasteiger partial charge in [-0.05, 0) is 44.7 Å². The molecule has 0 amide bonds. The Morgan fingerprint density at radius 3 is 2.95 bits per heavy atom. The van der Waals surface area contributed by atoms with Crippen LogP contribution in [0.3, 0.4) is 0 Å². The van der Waals surface area contributed by atoms with Gasteiger partial charge in [-0.1, -0.05) is 0 Å². The van der Waals surface area contributed by atoms with Gasteiger partial charge in [0.15, 0.2) is 0 Å². The first kappa shape index (κ1) is 12.6. The van der Waals surface area contributed by atoms with E-state index in [1.165, 1.54) is 25.0 Å². The maximum absolute atomic E-state index is 13.3. The molecule has 1 aliphatic rings. The Bertz CT molecular complexity index is 584. The maximum atomic E-state index is 13.3. The Balaban J connectivity index is 1.91. The Kier molecular flexibility index (Phi) is 3.27. The van der Waals surface area contributed by atoms with Crippen LogP contribution in [0.25, 0.3) is 11.0 Å². The molecule has 2 aromatic rings. The number of hydrogen-bond donors (Lipinski definition) is 1. The molecule has 0 spiro atoms. The van der Waals surface area contributed by atoms with E-state index in [2.05, 4.69) is 9.55 Å². The standard InChI is InChI=1S/C15H20FN3/c1-10(17)3-2-4-15-18-13-9-11(16)5-8-14(13)19(15)12-6-7-12/h5,8-10,12H,2-4,6-7,17H2,1H3. The van der Waals surface area contributed by atoms with Gasteiger partial charge >= 0.3 is 0 Å². The minimum absolute atomic E-state index is 0.213. The molecular formula is C15H20FN3. The quantitative estimate of drug-likeness (QED) is 0.898. The number of fused-ring (bicyclic) bond motifs is 1. The van der Waals surface area contributed by atoms with Crippen molar-refractivity contribution in [2.24, 2.45) is 5.73 Å². The molecule has 1 aromatic heterocycles. The van der Waals surface area contributed by atoms with Gasteiger partial charge in [-0.15, -0.1) is 0 Å². The molecular weight excluding hydrogens is 241 g/mol. The second kappa shape index (κ2) is 4.93. The van der Waals surface area contributed by atoms with Crippen LogP contribution < -0.4 is 5.73 Å². The summed E-state index contributed by atoms with van der Waals surface area (Å²) >= 11 is 0. The fraction of sp³-hybridized carbons (Fsp3) is 0.533. The Labute approximate surface area is 112 Å². The smallest absolute Gasteiger partial charge is 0.125 e. The molecule has 0 aliphatic heterocycles. The van der Waals surface area contributed by atoms with Crippen molar-refractivity contribution >= 4 is 11.0 Å². The van der Waals surface area contributed by atoms with E-state index < -0.39 is 0 Å². The van der Waals surface area contributed by atoms with Crippen molar-refractivity contribution in [3.8, 4) is 0 Å². The van der Waals surface area contributed by atoms with Gasteiger partial charge in [-0.25, -0.2) is 9.37 Å². The number of imidazole rings is 1. The molecule has 1 unspecified atom stereocenters. The van der Waals surface area contributed by atoms with E-state index in [0.717, 1.165) is 36.1 Å². The zero-order chi connectivity index (χ0) is 13.4. The zero-order valence-electron chi connectivity index (χ0n) is 11.3. The van der Waals surface area contributed by atoms with Gasteiger partial charge in [-0.2, -0.15) is 0 Å². The molecule has 1 heterocycles. The van der Waals surface area contributed by atoms with Crippen molar-refractivity contribution in [3.63, 3.8) is 0 Å². The topological polar surface area (TPSA) is 43.8 Å². The average Bonchev–Trinajstić information content (AvgIpc) is 3.11. The van der Waals surface area contributed by atoms with Gasteiger partial charge < -0.3 is 10.3 Å². The second-order valence-corrected chi connectivity index (χ2v) is 5.63. The lowest BCUT2D eigenvalue weighted by molar-refractivity contribution is 0.595. The Morgan fingerprint density at radius 1 is 1.47 bits per heavy atom.